The van der Waals surface area contributed by atoms with Crippen molar-refractivity contribution in [1.29, 1.82) is 0 Å². The molecule has 2 aromatic rings. The van der Waals surface area contributed by atoms with Gasteiger partial charge in [-0.3, -0.25) is 0 Å². The molecule has 2 unspecified atom stereocenters. The summed E-state index contributed by atoms with van der Waals surface area (Å²) in [6, 6.07) is 16.6. The third kappa shape index (κ3) is 5.25. The normalized spacial score (nSPS) is 15.8. The molecule has 0 aliphatic heterocycles. The highest BCUT2D eigenvalue weighted by molar-refractivity contribution is 5.77. The van der Waals surface area contributed by atoms with Crippen molar-refractivity contribution in [1.82, 2.24) is 0 Å². The Balaban J connectivity index is 2.04. The Morgan fingerprint density at radius 2 is 1.77 bits per heavy atom. The maximum absolute atomic E-state index is 2.65. The number of rotatable bonds is 8. The van der Waals surface area contributed by atoms with E-state index in [9.17, 15) is 0 Å². The van der Waals surface area contributed by atoms with Gasteiger partial charge in [0.15, 0.2) is 0 Å². The van der Waals surface area contributed by atoms with Crippen molar-refractivity contribution in [2.24, 2.45) is 11.8 Å². The average Bonchev–Trinajstić information content (AvgIpc) is 2.73. The topological polar surface area (TPSA) is 3.24 Å². The Kier molecular flexibility index (Phi) is 7.58. The zero-order chi connectivity index (χ0) is 21.7. The maximum atomic E-state index is 2.65. The molecule has 0 fully saturated rings. The van der Waals surface area contributed by atoms with Gasteiger partial charge in [-0.1, -0.05) is 82.7 Å². The van der Waals surface area contributed by atoms with Crippen LogP contribution in [0.15, 0.2) is 60.7 Å². The molecule has 0 saturated heterocycles. The number of hydrogen-bond donors (Lipinski definition) is 0. The largest absolute Gasteiger partial charge is 0.364 e. The van der Waals surface area contributed by atoms with Crippen molar-refractivity contribution in [3.8, 4) is 0 Å². The average molecular weight is 402 g/mol. The van der Waals surface area contributed by atoms with Gasteiger partial charge in [-0.05, 0) is 78.5 Å². The third-order valence-electron chi connectivity index (χ3n) is 6.31. The second-order valence-corrected chi connectivity index (χ2v) is 9.43. The van der Waals surface area contributed by atoms with E-state index in [0.717, 1.165) is 19.4 Å². The molecule has 30 heavy (non-hydrogen) atoms. The van der Waals surface area contributed by atoms with Gasteiger partial charge in [-0.15, -0.1) is 0 Å². The summed E-state index contributed by atoms with van der Waals surface area (Å²) in [6.07, 6.45) is 10.4. The number of benzene rings is 2. The SMILES string of the molecule is CCC(C)C(c1ccc(C2=CCCC=C2)c(C)c1)N(CC(C)C)c1cccc(C)c1. The van der Waals surface area contributed by atoms with Gasteiger partial charge < -0.3 is 4.90 Å². The van der Waals surface area contributed by atoms with Crippen LogP contribution in [0.4, 0.5) is 5.69 Å². The third-order valence-corrected chi connectivity index (χ3v) is 6.31. The van der Waals surface area contributed by atoms with Crippen LogP contribution < -0.4 is 4.90 Å². The quantitative estimate of drug-likeness (QED) is 0.430. The van der Waals surface area contributed by atoms with Gasteiger partial charge in [0.05, 0.1) is 6.04 Å². The smallest absolute Gasteiger partial charge is 0.0568 e. The van der Waals surface area contributed by atoms with Gasteiger partial charge >= 0.3 is 0 Å². The van der Waals surface area contributed by atoms with Crippen LogP contribution in [-0.4, -0.2) is 6.54 Å². The fraction of sp³-hybridized carbons (Fsp3) is 0.448. The van der Waals surface area contributed by atoms with E-state index in [1.54, 1.807) is 0 Å². The van der Waals surface area contributed by atoms with Crippen LogP contribution in [0.3, 0.4) is 0 Å². The molecular weight excluding hydrogens is 362 g/mol. The molecule has 160 valence electrons. The van der Waals surface area contributed by atoms with Gasteiger partial charge in [-0.25, -0.2) is 0 Å². The number of anilines is 1. The Bertz CT molecular complexity index is 902. The monoisotopic (exact) mass is 401 g/mol. The summed E-state index contributed by atoms with van der Waals surface area (Å²) in [4.78, 5) is 2.65. The lowest BCUT2D eigenvalue weighted by Gasteiger charge is -2.39. The van der Waals surface area contributed by atoms with E-state index < -0.39 is 0 Å². The zero-order valence-electron chi connectivity index (χ0n) is 19.8. The molecular formula is C29H39N. The first-order chi connectivity index (χ1) is 14.4. The van der Waals surface area contributed by atoms with Gasteiger partial charge in [0.2, 0.25) is 0 Å². The summed E-state index contributed by atoms with van der Waals surface area (Å²) in [6.45, 7) is 14.9. The molecule has 0 heterocycles. The van der Waals surface area contributed by atoms with Crippen LogP contribution in [-0.2, 0) is 0 Å². The van der Waals surface area contributed by atoms with E-state index in [1.807, 2.05) is 0 Å². The standard InChI is InChI=1S/C29H39N/c1-7-23(5)29(30(20-21(2)3)27-15-11-12-22(4)18-27)26-16-17-28(24(6)19-26)25-13-9-8-10-14-25/h9,11-19,21,23,29H,7-8,10,20H2,1-6H3. The van der Waals surface area contributed by atoms with E-state index >= 15 is 0 Å². The van der Waals surface area contributed by atoms with Crippen LogP contribution in [0.1, 0.15) is 75.3 Å². The molecule has 0 aromatic heterocycles. The van der Waals surface area contributed by atoms with Crippen LogP contribution in [0, 0.1) is 25.7 Å². The minimum absolute atomic E-state index is 0.378. The summed E-state index contributed by atoms with van der Waals surface area (Å²) in [5.41, 5.74) is 8.24. The van der Waals surface area contributed by atoms with Crippen molar-refractivity contribution in [2.45, 2.75) is 66.8 Å². The molecule has 0 radical (unpaired) electrons. The minimum Gasteiger partial charge on any atom is -0.364 e. The summed E-state index contributed by atoms with van der Waals surface area (Å²) in [7, 11) is 0. The molecule has 2 aromatic carbocycles. The van der Waals surface area contributed by atoms with Crippen LogP contribution in [0.2, 0.25) is 0 Å². The van der Waals surface area contributed by atoms with Crippen molar-refractivity contribution in [3.63, 3.8) is 0 Å². The molecule has 3 rings (SSSR count). The van der Waals surface area contributed by atoms with Crippen molar-refractivity contribution >= 4 is 11.3 Å². The molecule has 1 aliphatic rings. The summed E-state index contributed by atoms with van der Waals surface area (Å²) in [5.74, 6) is 1.18. The predicted octanol–water partition coefficient (Wildman–Crippen LogP) is 8.29. The second-order valence-electron chi connectivity index (χ2n) is 9.43. The number of aryl methyl sites for hydroxylation is 2. The van der Waals surface area contributed by atoms with E-state index in [4.69, 9.17) is 0 Å². The zero-order valence-corrected chi connectivity index (χ0v) is 19.8. The van der Waals surface area contributed by atoms with Crippen LogP contribution in [0.25, 0.3) is 5.57 Å². The van der Waals surface area contributed by atoms with E-state index in [1.165, 1.54) is 39.9 Å². The Hall–Kier alpha value is -2.28. The summed E-state index contributed by atoms with van der Waals surface area (Å²) >= 11 is 0. The van der Waals surface area contributed by atoms with Crippen molar-refractivity contribution in [3.05, 3.63) is 82.9 Å². The molecule has 2 atom stereocenters. The molecule has 1 heteroatoms. The molecule has 1 nitrogen and oxygen atoms in total. The van der Waals surface area contributed by atoms with E-state index in [0.29, 0.717) is 17.9 Å². The van der Waals surface area contributed by atoms with Crippen LogP contribution in [0.5, 0.6) is 0 Å². The first kappa shape index (κ1) is 22.4. The highest BCUT2D eigenvalue weighted by atomic mass is 15.2. The second kappa shape index (κ2) is 10.2. The fourth-order valence-electron chi connectivity index (χ4n) is 4.63. The fourth-order valence-corrected chi connectivity index (χ4v) is 4.63. The van der Waals surface area contributed by atoms with Crippen LogP contribution >= 0.6 is 0 Å². The lowest BCUT2D eigenvalue weighted by molar-refractivity contribution is 0.407. The highest BCUT2D eigenvalue weighted by Crippen LogP contribution is 2.37. The van der Waals surface area contributed by atoms with Crippen molar-refractivity contribution in [2.75, 3.05) is 11.4 Å². The number of hydrogen-bond acceptors (Lipinski definition) is 1. The van der Waals surface area contributed by atoms with E-state index in [2.05, 4.69) is 107 Å². The molecule has 1 aliphatic carbocycles. The lowest BCUT2D eigenvalue weighted by atomic mass is 9.86. The van der Waals surface area contributed by atoms with Gasteiger partial charge in [0.1, 0.15) is 0 Å². The highest BCUT2D eigenvalue weighted by Gasteiger charge is 2.27. The Morgan fingerprint density at radius 1 is 0.967 bits per heavy atom. The van der Waals surface area contributed by atoms with Crippen molar-refractivity contribution < 1.29 is 0 Å². The molecule has 0 saturated carbocycles. The Labute approximate surface area is 184 Å². The predicted molar refractivity (Wildman–Crippen MR) is 133 cm³/mol. The maximum Gasteiger partial charge on any atom is 0.0568 e. The summed E-state index contributed by atoms with van der Waals surface area (Å²) < 4.78 is 0. The Morgan fingerprint density at radius 3 is 2.37 bits per heavy atom. The molecule has 0 bridgehead atoms. The van der Waals surface area contributed by atoms with Gasteiger partial charge in [-0.2, -0.15) is 0 Å². The number of allylic oxidation sites excluding steroid dienone is 4. The lowest BCUT2D eigenvalue weighted by Crippen LogP contribution is -2.36. The molecule has 0 amide bonds. The first-order valence-corrected chi connectivity index (χ1v) is 11.7. The molecule has 0 N–H and O–H groups in total. The first-order valence-electron chi connectivity index (χ1n) is 11.7. The summed E-state index contributed by atoms with van der Waals surface area (Å²) in [5, 5.41) is 0. The van der Waals surface area contributed by atoms with Gasteiger partial charge in [0.25, 0.3) is 0 Å². The number of nitrogens with zero attached hydrogens (tertiary/aromatic N) is 1. The minimum atomic E-state index is 0.378. The van der Waals surface area contributed by atoms with Gasteiger partial charge in [0, 0.05) is 12.2 Å². The molecule has 0 spiro atoms. The van der Waals surface area contributed by atoms with E-state index in [-0.39, 0.29) is 0 Å².